The number of sulfone groups is 1. The van der Waals surface area contributed by atoms with E-state index in [9.17, 15) is 22.4 Å². The second-order valence-electron chi connectivity index (χ2n) is 6.85. The zero-order valence-electron chi connectivity index (χ0n) is 15.4. The predicted molar refractivity (Wildman–Crippen MR) is 104 cm³/mol. The van der Waals surface area contributed by atoms with Crippen LogP contribution in [0.25, 0.3) is 0 Å². The Labute approximate surface area is 163 Å². The van der Waals surface area contributed by atoms with Gasteiger partial charge in [-0.3, -0.25) is 9.59 Å². The molecule has 1 fully saturated rings. The van der Waals surface area contributed by atoms with Gasteiger partial charge in [0.05, 0.1) is 10.6 Å². The molecule has 2 amide bonds. The van der Waals surface area contributed by atoms with Crippen LogP contribution in [0.15, 0.2) is 53.4 Å². The van der Waals surface area contributed by atoms with E-state index in [1.54, 1.807) is 18.2 Å². The Bertz CT molecular complexity index is 1000. The lowest BCUT2D eigenvalue weighted by molar-refractivity contribution is -0.118. The molecule has 0 heterocycles. The van der Waals surface area contributed by atoms with E-state index < -0.39 is 26.3 Å². The summed E-state index contributed by atoms with van der Waals surface area (Å²) in [6.45, 7) is 1.31. The molecule has 1 aliphatic rings. The second kappa shape index (κ2) is 7.71. The fourth-order valence-electron chi connectivity index (χ4n) is 3.53. The van der Waals surface area contributed by atoms with Gasteiger partial charge in [0.2, 0.25) is 11.8 Å². The van der Waals surface area contributed by atoms with Gasteiger partial charge in [-0.15, -0.1) is 0 Å². The number of hydrogen-bond acceptors (Lipinski definition) is 4. The van der Waals surface area contributed by atoms with Gasteiger partial charge in [-0.05, 0) is 43.2 Å². The number of carbonyl (C=O) groups is 2. The standard InChI is InChI=1S/C20H21FN2O4S/c1-14(24)22-15-9-10-17(21)18(13-15)23-19(25)20(11-5-6-12-20)28(26,27)16-7-3-2-4-8-16/h2-4,7-10,13H,5-6,11-12H2,1H3,(H,22,24)(H,23,25). The summed E-state index contributed by atoms with van der Waals surface area (Å²) in [6.07, 6.45) is 1.52. The summed E-state index contributed by atoms with van der Waals surface area (Å²) in [4.78, 5) is 24.4. The minimum absolute atomic E-state index is 0.0690. The molecule has 0 aliphatic heterocycles. The van der Waals surface area contributed by atoms with Crippen LogP contribution in [-0.2, 0) is 19.4 Å². The fourth-order valence-corrected chi connectivity index (χ4v) is 5.62. The molecule has 28 heavy (non-hydrogen) atoms. The first kappa shape index (κ1) is 20.0. The van der Waals surface area contributed by atoms with Crippen LogP contribution in [0, 0.1) is 5.82 Å². The highest BCUT2D eigenvalue weighted by atomic mass is 32.2. The van der Waals surface area contributed by atoms with Crippen LogP contribution < -0.4 is 10.6 Å². The van der Waals surface area contributed by atoms with E-state index in [1.807, 2.05) is 0 Å². The zero-order valence-corrected chi connectivity index (χ0v) is 16.2. The third kappa shape index (κ3) is 3.64. The van der Waals surface area contributed by atoms with Crippen molar-refractivity contribution in [2.24, 2.45) is 0 Å². The zero-order chi connectivity index (χ0) is 20.4. The Kier molecular flexibility index (Phi) is 5.51. The maximum Gasteiger partial charge on any atom is 0.246 e. The van der Waals surface area contributed by atoms with Gasteiger partial charge in [0, 0.05) is 12.6 Å². The molecule has 0 saturated heterocycles. The average molecular weight is 404 g/mol. The first-order valence-electron chi connectivity index (χ1n) is 8.94. The van der Waals surface area contributed by atoms with Gasteiger partial charge in [0.25, 0.3) is 0 Å². The molecule has 0 bridgehead atoms. The molecule has 6 nitrogen and oxygen atoms in total. The van der Waals surface area contributed by atoms with E-state index in [0.717, 1.165) is 6.07 Å². The lowest BCUT2D eigenvalue weighted by Gasteiger charge is -2.27. The van der Waals surface area contributed by atoms with Crippen molar-refractivity contribution in [3.63, 3.8) is 0 Å². The highest BCUT2D eigenvalue weighted by molar-refractivity contribution is 7.93. The SMILES string of the molecule is CC(=O)Nc1ccc(F)c(NC(=O)C2(S(=O)(=O)c3ccccc3)CCCC2)c1. The maximum atomic E-state index is 14.2. The smallest absolute Gasteiger partial charge is 0.246 e. The average Bonchev–Trinajstić information content (AvgIpc) is 3.16. The van der Waals surface area contributed by atoms with Gasteiger partial charge in [-0.1, -0.05) is 31.0 Å². The minimum atomic E-state index is -3.97. The van der Waals surface area contributed by atoms with Crippen molar-refractivity contribution in [1.29, 1.82) is 0 Å². The molecule has 8 heteroatoms. The quantitative estimate of drug-likeness (QED) is 0.798. The molecule has 0 aromatic heterocycles. The molecule has 2 aromatic rings. The molecule has 0 atom stereocenters. The highest BCUT2D eigenvalue weighted by Crippen LogP contribution is 2.41. The normalized spacial score (nSPS) is 15.8. The first-order chi connectivity index (χ1) is 13.3. The molecular weight excluding hydrogens is 383 g/mol. The lowest BCUT2D eigenvalue weighted by atomic mass is 10.1. The number of rotatable bonds is 5. The van der Waals surface area contributed by atoms with Gasteiger partial charge in [0.1, 0.15) is 5.82 Å². The molecular formula is C20H21FN2O4S. The summed E-state index contributed by atoms with van der Waals surface area (Å²) in [5.74, 6) is -1.82. The number of halogens is 1. The molecule has 2 N–H and O–H groups in total. The van der Waals surface area contributed by atoms with Crippen molar-refractivity contribution in [3.8, 4) is 0 Å². The third-order valence-electron chi connectivity index (χ3n) is 4.93. The van der Waals surface area contributed by atoms with Crippen LogP contribution in [0.1, 0.15) is 32.6 Å². The van der Waals surface area contributed by atoms with Crippen LogP contribution in [0.3, 0.4) is 0 Å². The van der Waals surface area contributed by atoms with Crippen LogP contribution >= 0.6 is 0 Å². The molecule has 148 valence electrons. The van der Waals surface area contributed by atoms with Crippen LogP contribution in [0.2, 0.25) is 0 Å². The Hall–Kier alpha value is -2.74. The van der Waals surface area contributed by atoms with E-state index in [2.05, 4.69) is 10.6 Å². The van der Waals surface area contributed by atoms with E-state index >= 15 is 0 Å². The molecule has 1 saturated carbocycles. The number of carbonyl (C=O) groups excluding carboxylic acids is 2. The van der Waals surface area contributed by atoms with Crippen molar-refractivity contribution in [1.82, 2.24) is 0 Å². The molecule has 2 aromatic carbocycles. The highest BCUT2D eigenvalue weighted by Gasteiger charge is 2.53. The summed E-state index contributed by atoms with van der Waals surface area (Å²) < 4.78 is 39.1. The van der Waals surface area contributed by atoms with E-state index in [0.29, 0.717) is 18.5 Å². The summed E-state index contributed by atoms with van der Waals surface area (Å²) in [7, 11) is -3.97. The van der Waals surface area contributed by atoms with Gasteiger partial charge in [-0.25, -0.2) is 12.8 Å². The second-order valence-corrected chi connectivity index (χ2v) is 9.11. The summed E-state index contributed by atoms with van der Waals surface area (Å²) in [6, 6.07) is 11.6. The molecule has 3 rings (SSSR count). The van der Waals surface area contributed by atoms with E-state index in [-0.39, 0.29) is 29.3 Å². The Morgan fingerprint density at radius 1 is 1.00 bits per heavy atom. The summed E-state index contributed by atoms with van der Waals surface area (Å²) in [5.41, 5.74) is 0.126. The van der Waals surface area contributed by atoms with Crippen LogP contribution in [0.5, 0.6) is 0 Å². The van der Waals surface area contributed by atoms with Crippen LogP contribution in [-0.4, -0.2) is 25.0 Å². The van der Waals surface area contributed by atoms with E-state index in [4.69, 9.17) is 0 Å². The maximum absolute atomic E-state index is 14.2. The number of benzene rings is 2. The van der Waals surface area contributed by atoms with Gasteiger partial charge in [-0.2, -0.15) is 0 Å². The summed E-state index contributed by atoms with van der Waals surface area (Å²) >= 11 is 0. The number of anilines is 2. The van der Waals surface area contributed by atoms with Crippen molar-refractivity contribution in [3.05, 3.63) is 54.3 Å². The van der Waals surface area contributed by atoms with Gasteiger partial charge in [0.15, 0.2) is 14.6 Å². The van der Waals surface area contributed by atoms with Crippen LogP contribution in [0.4, 0.5) is 15.8 Å². The Balaban J connectivity index is 1.96. The Morgan fingerprint density at radius 2 is 1.64 bits per heavy atom. The largest absolute Gasteiger partial charge is 0.326 e. The first-order valence-corrected chi connectivity index (χ1v) is 10.4. The minimum Gasteiger partial charge on any atom is -0.326 e. The number of hydrogen-bond donors (Lipinski definition) is 2. The third-order valence-corrected chi connectivity index (χ3v) is 7.44. The predicted octanol–water partition coefficient (Wildman–Crippen LogP) is 3.51. The monoisotopic (exact) mass is 404 g/mol. The Morgan fingerprint density at radius 3 is 2.25 bits per heavy atom. The van der Waals surface area contributed by atoms with Gasteiger partial charge < -0.3 is 10.6 Å². The molecule has 1 aliphatic carbocycles. The van der Waals surface area contributed by atoms with Crippen molar-refractivity contribution < 1.29 is 22.4 Å². The topological polar surface area (TPSA) is 92.3 Å². The molecule has 0 spiro atoms. The van der Waals surface area contributed by atoms with Gasteiger partial charge >= 0.3 is 0 Å². The van der Waals surface area contributed by atoms with Crippen molar-refractivity contribution in [2.45, 2.75) is 42.2 Å². The lowest BCUT2D eigenvalue weighted by Crippen LogP contribution is -2.47. The van der Waals surface area contributed by atoms with E-state index in [1.165, 1.54) is 31.2 Å². The molecule has 0 radical (unpaired) electrons. The summed E-state index contributed by atoms with van der Waals surface area (Å²) in [5, 5.41) is 4.94. The number of nitrogens with one attached hydrogen (secondary N) is 2. The number of amides is 2. The fraction of sp³-hybridized carbons (Fsp3) is 0.300. The molecule has 0 unspecified atom stereocenters. The van der Waals surface area contributed by atoms with Crippen molar-refractivity contribution in [2.75, 3.05) is 10.6 Å². The van der Waals surface area contributed by atoms with Crippen molar-refractivity contribution >= 4 is 33.0 Å².